The van der Waals surface area contributed by atoms with Crippen LogP contribution in [0.2, 0.25) is 0 Å². The summed E-state index contributed by atoms with van der Waals surface area (Å²) in [5.41, 5.74) is 1.15. The van der Waals surface area contributed by atoms with E-state index in [1.165, 1.54) is 12.8 Å². The molecule has 0 aromatic carbocycles. The second-order valence-electron chi connectivity index (χ2n) is 7.58. The molecule has 8 unspecified atom stereocenters. The summed E-state index contributed by atoms with van der Waals surface area (Å²) < 4.78 is 0. The highest BCUT2D eigenvalue weighted by atomic mass is 16.4. The van der Waals surface area contributed by atoms with Gasteiger partial charge in [0, 0.05) is 0 Å². The van der Waals surface area contributed by atoms with E-state index in [9.17, 15) is 9.90 Å². The van der Waals surface area contributed by atoms with Gasteiger partial charge >= 0.3 is 5.97 Å². The van der Waals surface area contributed by atoms with Crippen LogP contribution in [0.3, 0.4) is 0 Å². The van der Waals surface area contributed by atoms with Gasteiger partial charge in [-0.05, 0) is 59.7 Å². The van der Waals surface area contributed by atoms with Crippen molar-refractivity contribution in [3.05, 3.63) is 0 Å². The third kappa shape index (κ3) is 0.821. The molecule has 0 heterocycles. The standard InChI is InChI=1S/C15H22O2/c1-7(13(16)17)8-4-5-14(2)9-6-10-12(11(8)9)15(10,14)3/h7-12H,4-6H2,1-3H3,(H,16,17). The van der Waals surface area contributed by atoms with Crippen molar-refractivity contribution in [2.75, 3.05) is 0 Å². The Balaban J connectivity index is 1.72. The minimum atomic E-state index is -0.579. The van der Waals surface area contributed by atoms with E-state index in [0.29, 0.717) is 16.7 Å². The third-order valence-corrected chi connectivity index (χ3v) is 7.75. The molecule has 5 fully saturated rings. The van der Waals surface area contributed by atoms with Crippen molar-refractivity contribution in [3.8, 4) is 0 Å². The van der Waals surface area contributed by atoms with Crippen molar-refractivity contribution in [2.24, 2.45) is 46.3 Å². The first-order valence-electron chi connectivity index (χ1n) is 7.15. The van der Waals surface area contributed by atoms with Gasteiger partial charge in [0.25, 0.3) is 0 Å². The number of hydrogen-bond acceptors (Lipinski definition) is 1. The van der Waals surface area contributed by atoms with Crippen molar-refractivity contribution in [2.45, 2.75) is 40.0 Å². The lowest BCUT2D eigenvalue weighted by molar-refractivity contribution is -0.145. The second kappa shape index (κ2) is 2.57. The van der Waals surface area contributed by atoms with E-state index in [-0.39, 0.29) is 5.92 Å². The maximum absolute atomic E-state index is 11.3. The summed E-state index contributed by atoms with van der Waals surface area (Å²) in [6.07, 6.45) is 3.84. The minimum Gasteiger partial charge on any atom is -0.481 e. The molecule has 2 heteroatoms. The molecule has 0 aromatic rings. The van der Waals surface area contributed by atoms with Crippen LogP contribution in [0, 0.1) is 46.3 Å². The molecule has 1 N–H and O–H groups in total. The topological polar surface area (TPSA) is 37.3 Å². The number of hydrogen-bond donors (Lipinski definition) is 1. The molecular formula is C15H22O2. The number of carbonyl (C=O) groups is 1. The molecule has 0 aliphatic heterocycles. The molecule has 0 aromatic heterocycles. The third-order valence-electron chi connectivity index (χ3n) is 7.75. The van der Waals surface area contributed by atoms with E-state index >= 15 is 0 Å². The zero-order valence-corrected chi connectivity index (χ0v) is 10.9. The predicted molar refractivity (Wildman–Crippen MR) is 64.3 cm³/mol. The molecule has 2 nitrogen and oxygen atoms in total. The normalized spacial score (nSPS) is 63.6. The fraction of sp³-hybridized carbons (Fsp3) is 0.933. The van der Waals surface area contributed by atoms with Crippen molar-refractivity contribution in [3.63, 3.8) is 0 Å². The average molecular weight is 234 g/mol. The summed E-state index contributed by atoms with van der Waals surface area (Å²) in [5.74, 6) is 3.18. The van der Waals surface area contributed by atoms with Crippen molar-refractivity contribution >= 4 is 5.97 Å². The van der Waals surface area contributed by atoms with Crippen molar-refractivity contribution in [1.82, 2.24) is 0 Å². The first kappa shape index (κ1) is 10.4. The van der Waals surface area contributed by atoms with Crippen LogP contribution in [0.25, 0.3) is 0 Å². The van der Waals surface area contributed by atoms with Gasteiger partial charge in [-0.1, -0.05) is 20.8 Å². The lowest BCUT2D eigenvalue weighted by Crippen LogP contribution is -2.39. The Morgan fingerprint density at radius 1 is 1.35 bits per heavy atom. The summed E-state index contributed by atoms with van der Waals surface area (Å²) in [7, 11) is 0. The lowest BCUT2D eigenvalue weighted by Gasteiger charge is -2.43. The first-order chi connectivity index (χ1) is 7.93. The van der Waals surface area contributed by atoms with Gasteiger partial charge in [0.2, 0.25) is 0 Å². The van der Waals surface area contributed by atoms with Crippen LogP contribution in [0.1, 0.15) is 40.0 Å². The van der Waals surface area contributed by atoms with Gasteiger partial charge in [0.1, 0.15) is 0 Å². The smallest absolute Gasteiger partial charge is 0.306 e. The number of aliphatic carboxylic acids is 1. The van der Waals surface area contributed by atoms with Gasteiger partial charge in [-0.15, -0.1) is 0 Å². The van der Waals surface area contributed by atoms with Gasteiger partial charge in [-0.25, -0.2) is 0 Å². The molecule has 0 amide bonds. The SMILES string of the molecule is CC(C(=O)O)C1CCC2(C)C3CC4C(C13)C42C. The molecule has 0 spiro atoms. The van der Waals surface area contributed by atoms with E-state index < -0.39 is 5.97 Å². The zero-order valence-electron chi connectivity index (χ0n) is 10.9. The monoisotopic (exact) mass is 234 g/mol. The molecule has 8 atom stereocenters. The highest BCUT2D eigenvalue weighted by molar-refractivity contribution is 5.70. The van der Waals surface area contributed by atoms with Crippen LogP contribution in [0.4, 0.5) is 0 Å². The summed E-state index contributed by atoms with van der Waals surface area (Å²) in [6.45, 7) is 6.93. The minimum absolute atomic E-state index is 0.131. The second-order valence-corrected chi connectivity index (χ2v) is 7.58. The van der Waals surface area contributed by atoms with Crippen LogP contribution in [-0.4, -0.2) is 11.1 Å². The Morgan fingerprint density at radius 2 is 2.06 bits per heavy atom. The Kier molecular flexibility index (Phi) is 1.57. The van der Waals surface area contributed by atoms with Gasteiger partial charge in [0.15, 0.2) is 0 Å². The van der Waals surface area contributed by atoms with Gasteiger partial charge in [0.05, 0.1) is 5.92 Å². The molecule has 94 valence electrons. The molecule has 6 bridgehead atoms. The van der Waals surface area contributed by atoms with Crippen LogP contribution < -0.4 is 0 Å². The summed E-state index contributed by atoms with van der Waals surface area (Å²) in [4.78, 5) is 11.3. The van der Waals surface area contributed by atoms with Gasteiger partial charge in [-0.2, -0.15) is 0 Å². The Bertz CT molecular complexity index is 417. The first-order valence-corrected chi connectivity index (χ1v) is 7.15. The maximum atomic E-state index is 11.3. The molecule has 17 heavy (non-hydrogen) atoms. The van der Waals surface area contributed by atoms with E-state index in [2.05, 4.69) is 13.8 Å². The van der Waals surface area contributed by atoms with Gasteiger partial charge < -0.3 is 5.11 Å². The zero-order chi connectivity index (χ0) is 12.2. The fourth-order valence-electron chi connectivity index (χ4n) is 6.71. The van der Waals surface area contributed by atoms with E-state index in [1.54, 1.807) is 0 Å². The maximum Gasteiger partial charge on any atom is 0.306 e. The summed E-state index contributed by atoms with van der Waals surface area (Å²) >= 11 is 0. The predicted octanol–water partition coefficient (Wildman–Crippen LogP) is 3.03. The fourth-order valence-corrected chi connectivity index (χ4v) is 6.71. The lowest BCUT2D eigenvalue weighted by atomic mass is 9.61. The molecule has 5 aliphatic rings. The highest BCUT2D eigenvalue weighted by Gasteiger charge is 2.86. The molecule has 5 aliphatic carbocycles. The molecule has 0 radical (unpaired) electrons. The van der Waals surface area contributed by atoms with Crippen molar-refractivity contribution in [1.29, 1.82) is 0 Å². The molecular weight excluding hydrogens is 212 g/mol. The Hall–Kier alpha value is -0.530. The van der Waals surface area contributed by atoms with E-state index in [1.807, 2.05) is 6.92 Å². The van der Waals surface area contributed by atoms with E-state index in [4.69, 9.17) is 0 Å². The number of rotatable bonds is 2. The van der Waals surface area contributed by atoms with E-state index in [0.717, 1.165) is 30.1 Å². The van der Waals surface area contributed by atoms with Gasteiger partial charge in [-0.3, -0.25) is 4.79 Å². The summed E-state index contributed by atoms with van der Waals surface area (Å²) in [6, 6.07) is 0. The van der Waals surface area contributed by atoms with Crippen LogP contribution >= 0.6 is 0 Å². The Morgan fingerprint density at radius 3 is 2.65 bits per heavy atom. The average Bonchev–Trinajstić information content (AvgIpc) is 2.57. The van der Waals surface area contributed by atoms with Crippen LogP contribution in [0.15, 0.2) is 0 Å². The molecule has 5 rings (SSSR count). The quantitative estimate of drug-likeness (QED) is 0.797. The highest BCUT2D eigenvalue weighted by Crippen LogP contribution is 2.91. The largest absolute Gasteiger partial charge is 0.481 e. The number of carboxylic acid groups (broad SMARTS) is 1. The van der Waals surface area contributed by atoms with Crippen LogP contribution in [-0.2, 0) is 4.79 Å². The molecule has 0 saturated heterocycles. The molecule has 5 saturated carbocycles. The number of carboxylic acids is 1. The van der Waals surface area contributed by atoms with Crippen molar-refractivity contribution < 1.29 is 9.90 Å². The summed E-state index contributed by atoms with van der Waals surface area (Å²) in [5, 5.41) is 9.29. The van der Waals surface area contributed by atoms with Crippen LogP contribution in [0.5, 0.6) is 0 Å². The Labute approximate surface area is 103 Å².